The fraction of sp³-hybridized carbons (Fsp3) is 0.444. The first-order valence-corrected chi connectivity index (χ1v) is 8.36. The third-order valence-electron chi connectivity index (χ3n) is 4.15. The molecule has 1 aromatic carbocycles. The minimum absolute atomic E-state index is 0.730. The molecule has 0 spiro atoms. The van der Waals surface area contributed by atoms with Gasteiger partial charge < -0.3 is 14.4 Å². The Morgan fingerprint density at radius 2 is 1.62 bits per heavy atom. The molecular formula is C18H24N4O2. The molecule has 0 atom stereocenters. The first kappa shape index (κ1) is 16.5. The van der Waals surface area contributed by atoms with Gasteiger partial charge >= 0.3 is 0 Å². The Kier molecular flexibility index (Phi) is 5.85. The van der Waals surface area contributed by atoms with Gasteiger partial charge in [0, 0.05) is 45.1 Å². The zero-order chi connectivity index (χ0) is 16.6. The zero-order valence-corrected chi connectivity index (χ0v) is 14.1. The molecule has 0 amide bonds. The Labute approximate surface area is 143 Å². The molecule has 128 valence electrons. The van der Waals surface area contributed by atoms with E-state index in [9.17, 15) is 0 Å². The molecule has 1 aliphatic rings. The van der Waals surface area contributed by atoms with Crippen LogP contribution in [0.3, 0.4) is 0 Å². The van der Waals surface area contributed by atoms with E-state index in [2.05, 4.69) is 19.8 Å². The summed E-state index contributed by atoms with van der Waals surface area (Å²) in [5.41, 5.74) is 0. The minimum Gasteiger partial charge on any atom is -0.497 e. The molecule has 6 heteroatoms. The number of nitrogens with zero attached hydrogens (tertiary/aromatic N) is 4. The Hall–Kier alpha value is -2.34. The van der Waals surface area contributed by atoms with Crippen molar-refractivity contribution in [2.24, 2.45) is 0 Å². The van der Waals surface area contributed by atoms with Crippen molar-refractivity contribution >= 4 is 5.95 Å². The van der Waals surface area contributed by atoms with Crippen molar-refractivity contribution in [2.75, 3.05) is 51.3 Å². The van der Waals surface area contributed by atoms with Crippen LogP contribution in [0.15, 0.2) is 42.7 Å². The van der Waals surface area contributed by atoms with E-state index in [0.29, 0.717) is 0 Å². The van der Waals surface area contributed by atoms with Crippen LogP contribution in [-0.4, -0.2) is 61.3 Å². The van der Waals surface area contributed by atoms with Crippen molar-refractivity contribution in [3.8, 4) is 11.5 Å². The number of hydrogen-bond donors (Lipinski definition) is 0. The lowest BCUT2D eigenvalue weighted by Crippen LogP contribution is -2.47. The van der Waals surface area contributed by atoms with Gasteiger partial charge in [0.2, 0.25) is 5.95 Å². The normalized spacial score (nSPS) is 15.3. The maximum Gasteiger partial charge on any atom is 0.225 e. The maximum absolute atomic E-state index is 5.77. The van der Waals surface area contributed by atoms with Crippen molar-refractivity contribution in [1.82, 2.24) is 14.9 Å². The van der Waals surface area contributed by atoms with Gasteiger partial charge in [0.25, 0.3) is 0 Å². The SMILES string of the molecule is COc1ccc(OCCCN2CCN(c3ncccn3)CC2)cc1. The van der Waals surface area contributed by atoms with Gasteiger partial charge in [-0.15, -0.1) is 0 Å². The first-order valence-electron chi connectivity index (χ1n) is 8.36. The molecule has 1 fully saturated rings. The van der Waals surface area contributed by atoms with Crippen molar-refractivity contribution < 1.29 is 9.47 Å². The summed E-state index contributed by atoms with van der Waals surface area (Å²) in [6.07, 6.45) is 4.62. The van der Waals surface area contributed by atoms with Crippen LogP contribution < -0.4 is 14.4 Å². The number of hydrogen-bond acceptors (Lipinski definition) is 6. The van der Waals surface area contributed by atoms with Crippen LogP contribution in [0, 0.1) is 0 Å². The van der Waals surface area contributed by atoms with E-state index in [1.807, 2.05) is 30.3 Å². The topological polar surface area (TPSA) is 50.7 Å². The van der Waals surface area contributed by atoms with Crippen LogP contribution in [0.25, 0.3) is 0 Å². The van der Waals surface area contributed by atoms with E-state index < -0.39 is 0 Å². The highest BCUT2D eigenvalue weighted by Crippen LogP contribution is 2.17. The highest BCUT2D eigenvalue weighted by molar-refractivity contribution is 5.31. The third-order valence-corrected chi connectivity index (χ3v) is 4.15. The van der Waals surface area contributed by atoms with Crippen molar-refractivity contribution in [3.63, 3.8) is 0 Å². The quantitative estimate of drug-likeness (QED) is 0.725. The Bertz CT molecular complexity index is 598. The summed E-state index contributed by atoms with van der Waals surface area (Å²) < 4.78 is 10.9. The molecular weight excluding hydrogens is 304 g/mol. The number of benzene rings is 1. The minimum atomic E-state index is 0.730. The van der Waals surface area contributed by atoms with Crippen LogP contribution >= 0.6 is 0 Å². The predicted octanol–water partition coefficient (Wildman–Crippen LogP) is 2.08. The van der Waals surface area contributed by atoms with Crippen molar-refractivity contribution in [1.29, 1.82) is 0 Å². The molecule has 6 nitrogen and oxygen atoms in total. The Morgan fingerprint density at radius 1 is 0.958 bits per heavy atom. The lowest BCUT2D eigenvalue weighted by Gasteiger charge is -2.34. The molecule has 0 bridgehead atoms. The maximum atomic E-state index is 5.77. The molecule has 0 radical (unpaired) electrons. The molecule has 1 aliphatic heterocycles. The highest BCUT2D eigenvalue weighted by atomic mass is 16.5. The molecule has 1 saturated heterocycles. The molecule has 1 aromatic heterocycles. The first-order chi connectivity index (χ1) is 11.8. The summed E-state index contributed by atoms with van der Waals surface area (Å²) in [6, 6.07) is 9.57. The van der Waals surface area contributed by atoms with Crippen molar-refractivity contribution in [3.05, 3.63) is 42.7 Å². The second-order valence-corrected chi connectivity index (χ2v) is 5.76. The lowest BCUT2D eigenvalue weighted by atomic mass is 10.3. The smallest absolute Gasteiger partial charge is 0.225 e. The largest absolute Gasteiger partial charge is 0.497 e. The molecule has 0 saturated carbocycles. The number of aromatic nitrogens is 2. The summed E-state index contributed by atoms with van der Waals surface area (Å²) in [4.78, 5) is 13.3. The summed E-state index contributed by atoms with van der Waals surface area (Å²) in [5, 5.41) is 0. The van der Waals surface area contributed by atoms with E-state index >= 15 is 0 Å². The van der Waals surface area contributed by atoms with Crippen molar-refractivity contribution in [2.45, 2.75) is 6.42 Å². The number of methoxy groups -OCH3 is 1. The summed E-state index contributed by atoms with van der Waals surface area (Å²) >= 11 is 0. The van der Waals surface area contributed by atoms with E-state index in [4.69, 9.17) is 9.47 Å². The van der Waals surface area contributed by atoms with Gasteiger partial charge in [0.05, 0.1) is 13.7 Å². The molecule has 0 N–H and O–H groups in total. The number of rotatable bonds is 7. The molecule has 2 heterocycles. The fourth-order valence-electron chi connectivity index (χ4n) is 2.78. The molecule has 24 heavy (non-hydrogen) atoms. The van der Waals surface area contributed by atoms with E-state index in [1.54, 1.807) is 19.5 Å². The van der Waals surface area contributed by atoms with Gasteiger partial charge in [0.15, 0.2) is 0 Å². The molecule has 0 aliphatic carbocycles. The monoisotopic (exact) mass is 328 g/mol. The fourth-order valence-corrected chi connectivity index (χ4v) is 2.78. The second kappa shape index (κ2) is 8.49. The number of piperazine rings is 1. The van der Waals surface area contributed by atoms with Crippen LogP contribution in [0.4, 0.5) is 5.95 Å². The van der Waals surface area contributed by atoms with Crippen LogP contribution in [-0.2, 0) is 0 Å². The summed E-state index contributed by atoms with van der Waals surface area (Å²) in [5.74, 6) is 2.57. The second-order valence-electron chi connectivity index (χ2n) is 5.76. The average Bonchev–Trinajstić information content (AvgIpc) is 2.67. The van der Waals surface area contributed by atoms with E-state index in [1.165, 1.54) is 0 Å². The number of ether oxygens (including phenoxy) is 2. The van der Waals surface area contributed by atoms with Crippen LogP contribution in [0.2, 0.25) is 0 Å². The third kappa shape index (κ3) is 4.58. The molecule has 3 rings (SSSR count). The van der Waals surface area contributed by atoms with Crippen LogP contribution in [0.1, 0.15) is 6.42 Å². The van der Waals surface area contributed by atoms with Gasteiger partial charge in [-0.05, 0) is 36.8 Å². The van der Waals surface area contributed by atoms with E-state index in [0.717, 1.165) is 63.2 Å². The van der Waals surface area contributed by atoms with Gasteiger partial charge in [-0.2, -0.15) is 0 Å². The lowest BCUT2D eigenvalue weighted by molar-refractivity contribution is 0.224. The summed E-state index contributed by atoms with van der Waals surface area (Å²) in [7, 11) is 1.67. The highest BCUT2D eigenvalue weighted by Gasteiger charge is 2.18. The van der Waals surface area contributed by atoms with E-state index in [-0.39, 0.29) is 0 Å². The van der Waals surface area contributed by atoms with Crippen LogP contribution in [0.5, 0.6) is 11.5 Å². The summed E-state index contributed by atoms with van der Waals surface area (Å²) in [6.45, 7) is 5.82. The zero-order valence-electron chi connectivity index (χ0n) is 14.1. The predicted molar refractivity (Wildman–Crippen MR) is 93.8 cm³/mol. The molecule has 2 aromatic rings. The number of anilines is 1. The Balaban J connectivity index is 1.33. The average molecular weight is 328 g/mol. The molecule has 0 unspecified atom stereocenters. The van der Waals surface area contributed by atoms with Gasteiger partial charge in [0.1, 0.15) is 11.5 Å². The Morgan fingerprint density at radius 3 is 2.29 bits per heavy atom. The van der Waals surface area contributed by atoms with Gasteiger partial charge in [-0.3, -0.25) is 4.90 Å². The standard InChI is InChI=1S/C18H24N4O2/c1-23-16-4-6-17(7-5-16)24-15-3-10-21-11-13-22(14-12-21)18-19-8-2-9-20-18/h2,4-9H,3,10-15H2,1H3. The van der Waals surface area contributed by atoms with Gasteiger partial charge in [-0.1, -0.05) is 0 Å². The van der Waals surface area contributed by atoms with Gasteiger partial charge in [-0.25, -0.2) is 9.97 Å².